The van der Waals surface area contributed by atoms with Crippen molar-refractivity contribution in [3.05, 3.63) is 29.8 Å². The molecule has 0 radical (unpaired) electrons. The van der Waals surface area contributed by atoms with Gasteiger partial charge in [0.05, 0.1) is 0 Å². The summed E-state index contributed by atoms with van der Waals surface area (Å²) in [7, 11) is 1.85. The van der Waals surface area contributed by atoms with Crippen molar-refractivity contribution in [2.45, 2.75) is 12.8 Å². The molecule has 2 nitrogen and oxygen atoms in total. The molecular weight excluding hydrogens is 162 g/mol. The van der Waals surface area contributed by atoms with Gasteiger partial charge < -0.3 is 5.32 Å². The summed E-state index contributed by atoms with van der Waals surface area (Å²) in [5.74, 6) is 0.597. The molecule has 0 bridgehead atoms. The molecule has 1 aromatic carbocycles. The molecule has 0 heterocycles. The fourth-order valence-electron chi connectivity index (χ4n) is 1.48. The summed E-state index contributed by atoms with van der Waals surface area (Å²) in [4.78, 5) is 11.7. The third-order valence-electron chi connectivity index (χ3n) is 2.41. The summed E-state index contributed by atoms with van der Waals surface area (Å²) in [6.45, 7) is 0. The van der Waals surface area contributed by atoms with Gasteiger partial charge in [-0.2, -0.15) is 0 Å². The lowest BCUT2D eigenvalue weighted by atomic mass is 10.1. The topological polar surface area (TPSA) is 29.1 Å². The van der Waals surface area contributed by atoms with Crippen LogP contribution in [0.2, 0.25) is 0 Å². The van der Waals surface area contributed by atoms with Crippen LogP contribution in [0.1, 0.15) is 23.2 Å². The first-order chi connectivity index (χ1) is 6.33. The Balaban J connectivity index is 2.31. The van der Waals surface area contributed by atoms with E-state index in [2.05, 4.69) is 5.32 Å². The van der Waals surface area contributed by atoms with Crippen molar-refractivity contribution in [2.24, 2.45) is 5.92 Å². The van der Waals surface area contributed by atoms with Gasteiger partial charge >= 0.3 is 0 Å². The zero-order chi connectivity index (χ0) is 9.26. The van der Waals surface area contributed by atoms with Crippen LogP contribution in [0, 0.1) is 5.92 Å². The first-order valence-electron chi connectivity index (χ1n) is 4.64. The van der Waals surface area contributed by atoms with Gasteiger partial charge in [-0.05, 0) is 25.0 Å². The summed E-state index contributed by atoms with van der Waals surface area (Å²) in [5, 5.41) is 3.04. The molecule has 0 aliphatic heterocycles. The van der Waals surface area contributed by atoms with Crippen molar-refractivity contribution in [3.63, 3.8) is 0 Å². The summed E-state index contributed by atoms with van der Waals surface area (Å²) in [6.07, 6.45) is 2.13. The number of ketones is 1. The summed E-state index contributed by atoms with van der Waals surface area (Å²) in [5.41, 5.74) is 1.78. The highest BCUT2D eigenvalue weighted by molar-refractivity contribution is 6.03. The number of nitrogens with one attached hydrogen (secondary N) is 1. The van der Waals surface area contributed by atoms with Crippen molar-refractivity contribution in [1.82, 2.24) is 0 Å². The van der Waals surface area contributed by atoms with Crippen molar-refractivity contribution in [1.29, 1.82) is 0 Å². The normalized spacial score (nSPS) is 15.5. The van der Waals surface area contributed by atoms with Gasteiger partial charge in [-0.1, -0.05) is 12.1 Å². The van der Waals surface area contributed by atoms with Gasteiger partial charge in [0.2, 0.25) is 0 Å². The fraction of sp³-hybridized carbons (Fsp3) is 0.364. The highest BCUT2D eigenvalue weighted by Gasteiger charge is 2.31. The summed E-state index contributed by atoms with van der Waals surface area (Å²) >= 11 is 0. The highest BCUT2D eigenvalue weighted by Crippen LogP contribution is 2.34. The molecule has 0 atom stereocenters. The van der Waals surface area contributed by atoms with Gasteiger partial charge in [0.1, 0.15) is 0 Å². The minimum atomic E-state index is 0.296. The largest absolute Gasteiger partial charge is 0.388 e. The van der Waals surface area contributed by atoms with E-state index >= 15 is 0 Å². The Hall–Kier alpha value is -1.31. The molecule has 0 unspecified atom stereocenters. The second-order valence-corrected chi connectivity index (χ2v) is 3.43. The number of carbonyl (C=O) groups excluding carboxylic acids is 1. The first-order valence-corrected chi connectivity index (χ1v) is 4.64. The zero-order valence-electron chi connectivity index (χ0n) is 7.71. The van der Waals surface area contributed by atoms with Crippen molar-refractivity contribution in [2.75, 3.05) is 12.4 Å². The highest BCUT2D eigenvalue weighted by atomic mass is 16.1. The molecule has 2 rings (SSSR count). The van der Waals surface area contributed by atoms with E-state index in [-0.39, 0.29) is 0 Å². The second kappa shape index (κ2) is 3.21. The molecule has 1 N–H and O–H groups in total. The van der Waals surface area contributed by atoms with E-state index < -0.39 is 0 Å². The van der Waals surface area contributed by atoms with E-state index in [1.54, 1.807) is 0 Å². The second-order valence-electron chi connectivity index (χ2n) is 3.43. The molecule has 1 saturated carbocycles. The Bertz CT molecular complexity index is 329. The third kappa shape index (κ3) is 1.57. The molecule has 1 aliphatic carbocycles. The molecule has 0 spiro atoms. The first kappa shape index (κ1) is 8.30. The van der Waals surface area contributed by atoms with Crippen LogP contribution in [0.5, 0.6) is 0 Å². The number of para-hydroxylation sites is 1. The monoisotopic (exact) mass is 175 g/mol. The number of hydrogen-bond donors (Lipinski definition) is 1. The Kier molecular flexibility index (Phi) is 2.05. The Labute approximate surface area is 78.0 Å². The van der Waals surface area contributed by atoms with Crippen LogP contribution < -0.4 is 5.32 Å². The van der Waals surface area contributed by atoms with Gasteiger partial charge in [-0.15, -0.1) is 0 Å². The van der Waals surface area contributed by atoms with Gasteiger partial charge in [-0.3, -0.25) is 4.79 Å². The summed E-state index contributed by atoms with van der Waals surface area (Å²) < 4.78 is 0. The van der Waals surface area contributed by atoms with E-state index in [0.29, 0.717) is 11.7 Å². The Morgan fingerprint density at radius 1 is 1.38 bits per heavy atom. The summed E-state index contributed by atoms with van der Waals surface area (Å²) in [6, 6.07) is 7.69. The molecule has 1 fully saturated rings. The number of benzene rings is 1. The maximum absolute atomic E-state index is 11.7. The number of Topliss-reactive ketones (excluding diaryl/α,β-unsaturated/α-hetero) is 1. The molecular formula is C11H13NO. The molecule has 1 aromatic rings. The van der Waals surface area contributed by atoms with Crippen molar-refractivity contribution >= 4 is 11.5 Å². The van der Waals surface area contributed by atoms with Crippen LogP contribution in [-0.2, 0) is 0 Å². The standard InChI is InChI=1S/C11H13NO/c1-12-10-5-3-2-4-9(10)11(13)8-6-7-8/h2-5,8,12H,6-7H2,1H3. The van der Waals surface area contributed by atoms with Crippen LogP contribution in [0.15, 0.2) is 24.3 Å². The molecule has 0 amide bonds. The van der Waals surface area contributed by atoms with Crippen molar-refractivity contribution < 1.29 is 4.79 Å². The predicted molar refractivity (Wildman–Crippen MR) is 53.0 cm³/mol. The maximum atomic E-state index is 11.7. The maximum Gasteiger partial charge on any atom is 0.168 e. The molecule has 0 saturated heterocycles. The van der Waals surface area contributed by atoms with Crippen LogP contribution in [-0.4, -0.2) is 12.8 Å². The zero-order valence-corrected chi connectivity index (χ0v) is 7.71. The van der Waals surface area contributed by atoms with Gasteiger partial charge in [0, 0.05) is 24.2 Å². The lowest BCUT2D eigenvalue weighted by Gasteiger charge is -2.06. The predicted octanol–water partition coefficient (Wildman–Crippen LogP) is 2.32. The molecule has 2 heteroatoms. The van der Waals surface area contributed by atoms with Gasteiger partial charge in [0.15, 0.2) is 5.78 Å². The Morgan fingerprint density at radius 2 is 2.08 bits per heavy atom. The van der Waals surface area contributed by atoms with Crippen LogP contribution in [0.25, 0.3) is 0 Å². The third-order valence-corrected chi connectivity index (χ3v) is 2.41. The van der Waals surface area contributed by atoms with Crippen LogP contribution in [0.3, 0.4) is 0 Å². The minimum Gasteiger partial charge on any atom is -0.388 e. The quantitative estimate of drug-likeness (QED) is 0.714. The Morgan fingerprint density at radius 3 is 2.69 bits per heavy atom. The van der Waals surface area contributed by atoms with E-state index in [1.165, 1.54) is 0 Å². The lowest BCUT2D eigenvalue weighted by Crippen LogP contribution is -2.05. The average molecular weight is 175 g/mol. The fourth-order valence-corrected chi connectivity index (χ4v) is 1.48. The average Bonchev–Trinajstić information content (AvgIpc) is 3.00. The smallest absolute Gasteiger partial charge is 0.168 e. The molecule has 13 heavy (non-hydrogen) atoms. The lowest BCUT2D eigenvalue weighted by molar-refractivity contribution is 0.0968. The number of anilines is 1. The number of carbonyl (C=O) groups is 1. The number of rotatable bonds is 3. The number of hydrogen-bond acceptors (Lipinski definition) is 2. The molecule has 0 aromatic heterocycles. The van der Waals surface area contributed by atoms with E-state index in [1.807, 2.05) is 31.3 Å². The van der Waals surface area contributed by atoms with Gasteiger partial charge in [0.25, 0.3) is 0 Å². The van der Waals surface area contributed by atoms with Crippen molar-refractivity contribution in [3.8, 4) is 0 Å². The van der Waals surface area contributed by atoms with Crippen LogP contribution in [0.4, 0.5) is 5.69 Å². The van der Waals surface area contributed by atoms with E-state index in [0.717, 1.165) is 24.1 Å². The van der Waals surface area contributed by atoms with E-state index in [9.17, 15) is 4.79 Å². The van der Waals surface area contributed by atoms with Gasteiger partial charge in [-0.25, -0.2) is 0 Å². The SMILES string of the molecule is CNc1ccccc1C(=O)C1CC1. The molecule has 1 aliphatic rings. The minimum absolute atomic E-state index is 0.296. The van der Waals surface area contributed by atoms with Crippen LogP contribution >= 0.6 is 0 Å². The molecule has 68 valence electrons. The van der Waals surface area contributed by atoms with E-state index in [4.69, 9.17) is 0 Å².